The highest BCUT2D eigenvalue weighted by atomic mass is 16.5. The van der Waals surface area contributed by atoms with Crippen LogP contribution in [0, 0.1) is 0 Å². The lowest BCUT2D eigenvalue weighted by molar-refractivity contribution is 0.0955. The van der Waals surface area contributed by atoms with Gasteiger partial charge in [0.1, 0.15) is 0 Å². The van der Waals surface area contributed by atoms with E-state index >= 15 is 0 Å². The van der Waals surface area contributed by atoms with Crippen LogP contribution >= 0.6 is 0 Å². The van der Waals surface area contributed by atoms with Crippen LogP contribution in [-0.4, -0.2) is 18.7 Å². The van der Waals surface area contributed by atoms with Crippen LogP contribution in [-0.2, 0) is 11.3 Å². The maximum absolute atomic E-state index is 12.0. The van der Waals surface area contributed by atoms with E-state index in [1.54, 1.807) is 36.5 Å². The van der Waals surface area contributed by atoms with Gasteiger partial charge in [-0.25, -0.2) is 5.43 Å². The van der Waals surface area contributed by atoms with E-state index in [9.17, 15) is 4.79 Å². The molecule has 0 aromatic heterocycles. The van der Waals surface area contributed by atoms with Gasteiger partial charge in [-0.05, 0) is 48.4 Å². The van der Waals surface area contributed by atoms with E-state index < -0.39 is 0 Å². The predicted octanol–water partition coefficient (Wildman–Crippen LogP) is 2.93. The number of hydrazone groups is 1. The standard InChI is InChI=1S/C19H24N4O2/c1-2-3-10-25-13-16-11-18(21)9-6-15(16)12-22-23-19(24)14-4-7-17(20)8-5-14/h4-9,11-12H,2-3,10,13,20-21H2,1H3,(H,23,24)/b22-12+. The van der Waals surface area contributed by atoms with Crippen LogP contribution in [0.1, 0.15) is 41.3 Å². The molecule has 0 bridgehead atoms. The quantitative estimate of drug-likeness (QED) is 0.297. The maximum Gasteiger partial charge on any atom is 0.271 e. The lowest BCUT2D eigenvalue weighted by Gasteiger charge is -2.08. The largest absolute Gasteiger partial charge is 0.399 e. The number of hydrogen-bond donors (Lipinski definition) is 3. The van der Waals surface area contributed by atoms with Gasteiger partial charge in [-0.15, -0.1) is 0 Å². The van der Waals surface area contributed by atoms with E-state index in [1.807, 2.05) is 12.1 Å². The summed E-state index contributed by atoms with van der Waals surface area (Å²) in [5.74, 6) is -0.299. The van der Waals surface area contributed by atoms with Gasteiger partial charge in [0.2, 0.25) is 0 Å². The molecule has 0 aliphatic rings. The summed E-state index contributed by atoms with van der Waals surface area (Å²) in [7, 11) is 0. The monoisotopic (exact) mass is 340 g/mol. The number of rotatable bonds is 8. The van der Waals surface area contributed by atoms with Crippen molar-refractivity contribution in [2.45, 2.75) is 26.4 Å². The van der Waals surface area contributed by atoms with Crippen LogP contribution in [0.3, 0.4) is 0 Å². The van der Waals surface area contributed by atoms with Crippen molar-refractivity contribution in [3.63, 3.8) is 0 Å². The Bertz CT molecular complexity index is 727. The highest BCUT2D eigenvalue weighted by Gasteiger charge is 2.04. The maximum atomic E-state index is 12.0. The number of benzene rings is 2. The normalized spacial score (nSPS) is 10.9. The Labute approximate surface area is 147 Å². The molecule has 2 aromatic carbocycles. The number of nitrogens with zero attached hydrogens (tertiary/aromatic N) is 1. The molecule has 0 unspecified atom stereocenters. The molecule has 132 valence electrons. The van der Waals surface area contributed by atoms with E-state index in [0.717, 1.165) is 24.0 Å². The Balaban J connectivity index is 1.99. The van der Waals surface area contributed by atoms with Crippen LogP contribution in [0.15, 0.2) is 47.6 Å². The number of amides is 1. The molecule has 2 aromatic rings. The van der Waals surface area contributed by atoms with Crippen LogP contribution in [0.25, 0.3) is 0 Å². The summed E-state index contributed by atoms with van der Waals surface area (Å²) in [5, 5.41) is 4.02. The molecule has 0 saturated heterocycles. The smallest absolute Gasteiger partial charge is 0.271 e. The van der Waals surface area contributed by atoms with Gasteiger partial charge in [0.05, 0.1) is 12.8 Å². The van der Waals surface area contributed by atoms with Crippen LogP contribution < -0.4 is 16.9 Å². The summed E-state index contributed by atoms with van der Waals surface area (Å²) in [5.41, 5.74) is 17.5. The lowest BCUT2D eigenvalue weighted by atomic mass is 10.1. The van der Waals surface area contributed by atoms with Crippen molar-refractivity contribution in [3.8, 4) is 0 Å². The first kappa shape index (κ1) is 18.5. The minimum atomic E-state index is -0.299. The summed E-state index contributed by atoms with van der Waals surface area (Å²) in [4.78, 5) is 12.0. The highest BCUT2D eigenvalue weighted by Crippen LogP contribution is 2.13. The SMILES string of the molecule is CCCCOCc1cc(N)ccc1/C=N/NC(=O)c1ccc(N)cc1. The second-order valence-corrected chi connectivity index (χ2v) is 5.69. The molecule has 0 fully saturated rings. The Morgan fingerprint density at radius 3 is 2.60 bits per heavy atom. The fourth-order valence-electron chi connectivity index (χ4n) is 2.16. The second-order valence-electron chi connectivity index (χ2n) is 5.69. The van der Waals surface area contributed by atoms with Gasteiger partial charge in [0.25, 0.3) is 5.91 Å². The average Bonchev–Trinajstić information content (AvgIpc) is 2.61. The molecule has 6 heteroatoms. The van der Waals surface area contributed by atoms with Gasteiger partial charge in [0.15, 0.2) is 0 Å². The zero-order valence-corrected chi connectivity index (χ0v) is 14.4. The summed E-state index contributed by atoms with van der Waals surface area (Å²) < 4.78 is 5.65. The van der Waals surface area contributed by atoms with E-state index in [2.05, 4.69) is 17.5 Å². The number of nitrogen functional groups attached to an aromatic ring is 2. The first-order valence-corrected chi connectivity index (χ1v) is 8.25. The fraction of sp³-hybridized carbons (Fsp3) is 0.263. The Hall–Kier alpha value is -2.86. The third-order valence-electron chi connectivity index (χ3n) is 3.61. The van der Waals surface area contributed by atoms with Gasteiger partial charge in [-0.3, -0.25) is 4.79 Å². The number of carbonyl (C=O) groups is 1. The van der Waals surface area contributed by atoms with Crippen molar-refractivity contribution in [2.75, 3.05) is 18.1 Å². The van der Waals surface area contributed by atoms with Gasteiger partial charge < -0.3 is 16.2 Å². The van der Waals surface area contributed by atoms with Crippen LogP contribution in [0.5, 0.6) is 0 Å². The Morgan fingerprint density at radius 1 is 1.16 bits per heavy atom. The third kappa shape index (κ3) is 5.93. The molecule has 2 rings (SSSR count). The minimum Gasteiger partial charge on any atom is -0.399 e. The molecule has 0 radical (unpaired) electrons. The van der Waals surface area contributed by atoms with E-state index in [-0.39, 0.29) is 5.91 Å². The number of carbonyl (C=O) groups excluding carboxylic acids is 1. The number of hydrogen-bond acceptors (Lipinski definition) is 5. The first-order chi connectivity index (χ1) is 12.1. The number of nitrogens with two attached hydrogens (primary N) is 2. The topological polar surface area (TPSA) is 103 Å². The van der Waals surface area contributed by atoms with E-state index in [1.165, 1.54) is 0 Å². The number of ether oxygens (including phenoxy) is 1. The van der Waals surface area contributed by atoms with Crippen molar-refractivity contribution in [2.24, 2.45) is 5.10 Å². The average molecular weight is 340 g/mol. The van der Waals surface area contributed by atoms with Crippen LogP contribution in [0.4, 0.5) is 11.4 Å². The zero-order valence-electron chi connectivity index (χ0n) is 14.4. The number of unbranched alkanes of at least 4 members (excludes halogenated alkanes) is 1. The lowest BCUT2D eigenvalue weighted by Crippen LogP contribution is -2.17. The van der Waals surface area contributed by atoms with Gasteiger partial charge in [-0.2, -0.15) is 5.10 Å². The molecule has 0 spiro atoms. The molecule has 25 heavy (non-hydrogen) atoms. The molecule has 0 aliphatic heterocycles. The second kappa shape index (κ2) is 9.44. The molecular weight excluding hydrogens is 316 g/mol. The van der Waals surface area contributed by atoms with Gasteiger partial charge in [-0.1, -0.05) is 19.4 Å². The van der Waals surface area contributed by atoms with Crippen molar-refractivity contribution in [1.82, 2.24) is 5.43 Å². The van der Waals surface area contributed by atoms with Gasteiger partial charge in [0, 0.05) is 29.1 Å². The van der Waals surface area contributed by atoms with Crippen molar-refractivity contribution in [1.29, 1.82) is 0 Å². The Morgan fingerprint density at radius 2 is 1.88 bits per heavy atom. The zero-order chi connectivity index (χ0) is 18.1. The van der Waals surface area contributed by atoms with Crippen LogP contribution in [0.2, 0.25) is 0 Å². The molecule has 0 aliphatic carbocycles. The number of nitrogens with one attached hydrogen (secondary N) is 1. The highest BCUT2D eigenvalue weighted by molar-refractivity contribution is 5.95. The minimum absolute atomic E-state index is 0.299. The molecular formula is C19H24N4O2. The third-order valence-corrected chi connectivity index (χ3v) is 3.61. The summed E-state index contributed by atoms with van der Waals surface area (Å²) in [6.07, 6.45) is 3.69. The van der Waals surface area contributed by atoms with E-state index in [4.69, 9.17) is 16.2 Å². The summed E-state index contributed by atoms with van der Waals surface area (Å²) in [6.45, 7) is 3.28. The molecule has 6 nitrogen and oxygen atoms in total. The van der Waals surface area contributed by atoms with E-state index in [0.29, 0.717) is 30.2 Å². The van der Waals surface area contributed by atoms with Crippen molar-refractivity contribution < 1.29 is 9.53 Å². The molecule has 0 saturated carbocycles. The summed E-state index contributed by atoms with van der Waals surface area (Å²) in [6, 6.07) is 12.1. The Kier molecular flexibility index (Phi) is 6.98. The van der Waals surface area contributed by atoms with Crippen molar-refractivity contribution >= 4 is 23.5 Å². The summed E-state index contributed by atoms with van der Waals surface area (Å²) >= 11 is 0. The molecule has 1 amide bonds. The number of anilines is 2. The fourth-order valence-corrected chi connectivity index (χ4v) is 2.16. The van der Waals surface area contributed by atoms with Crippen molar-refractivity contribution in [3.05, 3.63) is 59.2 Å². The molecule has 5 N–H and O–H groups in total. The molecule has 0 heterocycles. The predicted molar refractivity (Wildman–Crippen MR) is 101 cm³/mol. The molecule has 0 atom stereocenters. The van der Waals surface area contributed by atoms with Gasteiger partial charge >= 0.3 is 0 Å². The first-order valence-electron chi connectivity index (χ1n) is 8.25.